The minimum absolute atomic E-state index is 0.0867. The maximum absolute atomic E-state index is 12.6. The zero-order valence-electron chi connectivity index (χ0n) is 13.6. The Bertz CT molecular complexity index is 531. The molecule has 0 saturated carbocycles. The summed E-state index contributed by atoms with van der Waals surface area (Å²) in [5.41, 5.74) is 1.18. The third kappa shape index (κ3) is 4.22. The summed E-state index contributed by atoms with van der Waals surface area (Å²) >= 11 is 0. The number of hydrogen-bond donors (Lipinski definition) is 0. The van der Waals surface area contributed by atoms with Gasteiger partial charge in [-0.3, -0.25) is 9.69 Å². The quantitative estimate of drug-likeness (QED) is 0.820. The van der Waals surface area contributed by atoms with Gasteiger partial charge in [-0.05, 0) is 17.7 Å². The molecule has 2 aliphatic rings. The summed E-state index contributed by atoms with van der Waals surface area (Å²) in [6.07, 6.45) is -0.368. The van der Waals surface area contributed by atoms with Crippen molar-refractivity contribution in [2.75, 3.05) is 53.1 Å². The zero-order valence-corrected chi connectivity index (χ0v) is 13.6. The van der Waals surface area contributed by atoms with Gasteiger partial charge in [0.25, 0.3) is 5.91 Å². The maximum atomic E-state index is 12.6. The molecule has 2 aliphatic heterocycles. The van der Waals surface area contributed by atoms with Gasteiger partial charge >= 0.3 is 0 Å². The molecule has 0 N–H and O–H groups in total. The minimum Gasteiger partial charge on any atom is -0.497 e. The van der Waals surface area contributed by atoms with Gasteiger partial charge in [0.05, 0.1) is 26.9 Å². The number of rotatable bonds is 4. The second-order valence-corrected chi connectivity index (χ2v) is 5.88. The molecule has 6 heteroatoms. The predicted molar refractivity (Wildman–Crippen MR) is 85.4 cm³/mol. The monoisotopic (exact) mass is 320 g/mol. The van der Waals surface area contributed by atoms with Gasteiger partial charge in [0, 0.05) is 32.7 Å². The highest BCUT2D eigenvalue weighted by atomic mass is 16.5. The van der Waals surface area contributed by atoms with E-state index in [1.165, 1.54) is 5.56 Å². The van der Waals surface area contributed by atoms with Gasteiger partial charge in [-0.15, -0.1) is 0 Å². The van der Waals surface area contributed by atoms with Crippen LogP contribution in [0.1, 0.15) is 5.56 Å². The number of benzene rings is 1. The van der Waals surface area contributed by atoms with Gasteiger partial charge in [-0.25, -0.2) is 0 Å². The first-order valence-corrected chi connectivity index (χ1v) is 8.09. The second-order valence-electron chi connectivity index (χ2n) is 5.88. The minimum atomic E-state index is -0.368. The third-order valence-corrected chi connectivity index (χ3v) is 4.29. The number of nitrogens with zero attached hydrogens (tertiary/aromatic N) is 2. The predicted octanol–water partition coefficient (Wildman–Crippen LogP) is 0.755. The Hall–Kier alpha value is -1.63. The lowest BCUT2D eigenvalue weighted by Gasteiger charge is -2.36. The van der Waals surface area contributed by atoms with Crippen molar-refractivity contribution in [3.05, 3.63) is 29.8 Å². The fraction of sp³-hybridized carbons (Fsp3) is 0.588. The van der Waals surface area contributed by atoms with Crippen LogP contribution in [0.5, 0.6) is 5.75 Å². The fourth-order valence-corrected chi connectivity index (χ4v) is 3.01. The summed E-state index contributed by atoms with van der Waals surface area (Å²) < 4.78 is 16.3. The number of ether oxygens (including phenoxy) is 3. The molecule has 1 aromatic rings. The SMILES string of the molecule is COc1cccc(CN2CCOC(C(=O)N3CCOCC3)C2)c1. The number of morpholine rings is 2. The molecule has 0 aliphatic carbocycles. The van der Waals surface area contributed by atoms with Crippen molar-refractivity contribution in [3.8, 4) is 5.75 Å². The molecule has 1 atom stereocenters. The summed E-state index contributed by atoms with van der Waals surface area (Å²) in [5.74, 6) is 0.945. The molecular formula is C17H24N2O4. The van der Waals surface area contributed by atoms with Gasteiger partial charge in [0.2, 0.25) is 0 Å². The Labute approximate surface area is 136 Å². The van der Waals surface area contributed by atoms with E-state index in [1.54, 1.807) is 7.11 Å². The van der Waals surface area contributed by atoms with Crippen LogP contribution in [-0.2, 0) is 20.8 Å². The summed E-state index contributed by atoms with van der Waals surface area (Å²) in [5, 5.41) is 0. The Balaban J connectivity index is 1.58. The highest BCUT2D eigenvalue weighted by Crippen LogP contribution is 2.17. The van der Waals surface area contributed by atoms with Gasteiger partial charge < -0.3 is 19.1 Å². The first-order chi connectivity index (χ1) is 11.3. The number of carbonyl (C=O) groups is 1. The van der Waals surface area contributed by atoms with E-state index < -0.39 is 0 Å². The topological polar surface area (TPSA) is 51.2 Å². The van der Waals surface area contributed by atoms with Gasteiger partial charge in [-0.2, -0.15) is 0 Å². The molecule has 1 amide bonds. The summed E-state index contributed by atoms with van der Waals surface area (Å²) in [6.45, 7) is 5.41. The molecule has 1 aromatic carbocycles. The smallest absolute Gasteiger partial charge is 0.253 e. The lowest BCUT2D eigenvalue weighted by molar-refractivity contribution is -0.153. The van der Waals surface area contributed by atoms with E-state index in [1.807, 2.05) is 23.1 Å². The number of hydrogen-bond acceptors (Lipinski definition) is 5. The van der Waals surface area contributed by atoms with Crippen LogP contribution in [0.2, 0.25) is 0 Å². The number of methoxy groups -OCH3 is 1. The van der Waals surface area contributed by atoms with E-state index in [0.717, 1.165) is 18.8 Å². The van der Waals surface area contributed by atoms with Crippen LogP contribution in [0, 0.1) is 0 Å². The molecule has 0 aromatic heterocycles. The number of carbonyl (C=O) groups excluding carboxylic acids is 1. The van der Waals surface area contributed by atoms with Crippen molar-refractivity contribution in [2.45, 2.75) is 12.6 Å². The van der Waals surface area contributed by atoms with Crippen LogP contribution < -0.4 is 4.74 Å². The highest BCUT2D eigenvalue weighted by molar-refractivity contribution is 5.81. The van der Waals surface area contributed by atoms with E-state index >= 15 is 0 Å². The standard InChI is InChI=1S/C17H24N2O4/c1-21-15-4-2-3-14(11-15)12-18-5-10-23-16(13-18)17(20)19-6-8-22-9-7-19/h2-4,11,16H,5-10,12-13H2,1H3. The first-order valence-electron chi connectivity index (χ1n) is 8.09. The van der Waals surface area contributed by atoms with Gasteiger partial charge in [0.15, 0.2) is 0 Å². The molecular weight excluding hydrogens is 296 g/mol. The van der Waals surface area contributed by atoms with Crippen LogP contribution in [0.4, 0.5) is 0 Å². The van der Waals surface area contributed by atoms with E-state index in [4.69, 9.17) is 14.2 Å². The fourth-order valence-electron chi connectivity index (χ4n) is 3.01. The zero-order chi connectivity index (χ0) is 16.1. The Morgan fingerprint density at radius 1 is 1.26 bits per heavy atom. The Morgan fingerprint density at radius 2 is 2.09 bits per heavy atom. The van der Waals surface area contributed by atoms with Crippen LogP contribution in [0.3, 0.4) is 0 Å². The normalized spacial score (nSPS) is 22.8. The van der Waals surface area contributed by atoms with Crippen molar-refractivity contribution in [1.82, 2.24) is 9.80 Å². The lowest BCUT2D eigenvalue weighted by atomic mass is 10.1. The van der Waals surface area contributed by atoms with E-state index in [2.05, 4.69) is 11.0 Å². The number of amides is 1. The molecule has 1 unspecified atom stereocenters. The Morgan fingerprint density at radius 3 is 2.87 bits per heavy atom. The molecule has 126 valence electrons. The van der Waals surface area contributed by atoms with Crippen molar-refractivity contribution < 1.29 is 19.0 Å². The average molecular weight is 320 g/mol. The van der Waals surface area contributed by atoms with E-state index in [0.29, 0.717) is 39.5 Å². The molecule has 6 nitrogen and oxygen atoms in total. The van der Waals surface area contributed by atoms with Crippen LogP contribution in [-0.4, -0.2) is 74.9 Å². The lowest BCUT2D eigenvalue weighted by Crippen LogP contribution is -2.53. The van der Waals surface area contributed by atoms with Crippen molar-refractivity contribution in [2.24, 2.45) is 0 Å². The van der Waals surface area contributed by atoms with Crippen molar-refractivity contribution >= 4 is 5.91 Å². The summed E-state index contributed by atoms with van der Waals surface area (Å²) in [4.78, 5) is 16.7. The molecule has 0 radical (unpaired) electrons. The van der Waals surface area contributed by atoms with Crippen LogP contribution in [0.25, 0.3) is 0 Å². The molecule has 2 heterocycles. The van der Waals surface area contributed by atoms with Crippen LogP contribution in [0.15, 0.2) is 24.3 Å². The molecule has 0 bridgehead atoms. The van der Waals surface area contributed by atoms with Gasteiger partial charge in [-0.1, -0.05) is 12.1 Å². The average Bonchev–Trinajstić information content (AvgIpc) is 2.62. The largest absolute Gasteiger partial charge is 0.497 e. The summed E-state index contributed by atoms with van der Waals surface area (Å²) in [7, 11) is 1.67. The van der Waals surface area contributed by atoms with Crippen LogP contribution >= 0.6 is 0 Å². The third-order valence-electron chi connectivity index (χ3n) is 4.29. The molecule has 0 spiro atoms. The summed E-state index contributed by atoms with van der Waals surface area (Å²) in [6, 6.07) is 8.05. The first kappa shape index (κ1) is 16.2. The molecule has 3 rings (SSSR count). The second kappa shape index (κ2) is 7.77. The van der Waals surface area contributed by atoms with Gasteiger partial charge in [0.1, 0.15) is 11.9 Å². The van der Waals surface area contributed by atoms with E-state index in [9.17, 15) is 4.79 Å². The van der Waals surface area contributed by atoms with Crippen molar-refractivity contribution in [1.29, 1.82) is 0 Å². The molecule has 2 fully saturated rings. The molecule has 23 heavy (non-hydrogen) atoms. The van der Waals surface area contributed by atoms with Crippen molar-refractivity contribution in [3.63, 3.8) is 0 Å². The maximum Gasteiger partial charge on any atom is 0.253 e. The van der Waals surface area contributed by atoms with E-state index in [-0.39, 0.29) is 12.0 Å². The highest BCUT2D eigenvalue weighted by Gasteiger charge is 2.30. The Kier molecular flexibility index (Phi) is 5.48. The molecule has 2 saturated heterocycles.